The van der Waals surface area contributed by atoms with Crippen LogP contribution in [0.2, 0.25) is 0 Å². The quantitative estimate of drug-likeness (QED) is 0.536. The van der Waals surface area contributed by atoms with Crippen LogP contribution in [0.3, 0.4) is 0 Å². The molecule has 1 aliphatic carbocycles. The van der Waals surface area contributed by atoms with E-state index in [1.165, 1.54) is 0 Å². The summed E-state index contributed by atoms with van der Waals surface area (Å²) in [6, 6.07) is 14.0. The molecule has 2 aromatic rings. The monoisotopic (exact) mass is 360 g/mol. The van der Waals surface area contributed by atoms with Gasteiger partial charge in [-0.1, -0.05) is 18.2 Å². The lowest BCUT2D eigenvalue weighted by atomic mass is 10.0. The molecule has 0 bridgehead atoms. The number of pyridine rings is 1. The highest BCUT2D eigenvalue weighted by molar-refractivity contribution is 6.22. The summed E-state index contributed by atoms with van der Waals surface area (Å²) in [5, 5.41) is 9.71. The number of piperazine rings is 1. The van der Waals surface area contributed by atoms with E-state index in [4.69, 9.17) is 4.74 Å². The molecule has 0 atom stereocenters. The van der Waals surface area contributed by atoms with Crippen LogP contribution in [-0.4, -0.2) is 38.3 Å². The molecule has 2 aromatic carbocycles. The van der Waals surface area contributed by atoms with Crippen molar-refractivity contribution < 1.29 is 4.74 Å². The van der Waals surface area contributed by atoms with E-state index in [2.05, 4.69) is 20.4 Å². The van der Waals surface area contributed by atoms with Crippen molar-refractivity contribution in [3.63, 3.8) is 0 Å². The summed E-state index contributed by atoms with van der Waals surface area (Å²) in [6.07, 6.45) is 0. The highest BCUT2D eigenvalue weighted by Gasteiger charge is 2.28. The normalized spacial score (nSPS) is 14.9. The van der Waals surface area contributed by atoms with Crippen molar-refractivity contribution in [2.24, 2.45) is 5.18 Å². The number of nitroso groups, excluding NO2 is 1. The van der Waals surface area contributed by atoms with E-state index in [-0.39, 0.29) is 0 Å². The Kier molecular flexibility index (Phi) is 3.72. The Morgan fingerprint density at radius 2 is 1.81 bits per heavy atom. The molecular weight excluding hydrogens is 340 g/mol. The van der Waals surface area contributed by atoms with Gasteiger partial charge < -0.3 is 19.9 Å². The SMILES string of the molecule is COc1ccc2c3c(N4CCNCC4)[nH]c4ccccc4c-3c(N=O)c2c1. The smallest absolute Gasteiger partial charge is 0.124 e. The third kappa shape index (κ3) is 2.37. The maximum Gasteiger partial charge on any atom is 0.124 e. The Hall–Kier alpha value is -3.12. The van der Waals surface area contributed by atoms with Gasteiger partial charge in [0.05, 0.1) is 7.11 Å². The van der Waals surface area contributed by atoms with Gasteiger partial charge in [0.1, 0.15) is 17.3 Å². The highest BCUT2D eigenvalue weighted by Crippen LogP contribution is 2.52. The maximum absolute atomic E-state index is 11.9. The Balaban J connectivity index is 1.94. The number of ether oxygens (including phenoxy) is 1. The molecule has 1 saturated heterocycles. The molecule has 6 nitrogen and oxygen atoms in total. The molecule has 0 amide bonds. The molecule has 5 rings (SSSR count). The molecular formula is C21H20N4O2. The first-order valence-electron chi connectivity index (χ1n) is 9.15. The predicted molar refractivity (Wildman–Crippen MR) is 110 cm³/mol. The molecule has 2 heterocycles. The van der Waals surface area contributed by atoms with Crippen molar-refractivity contribution in [3.05, 3.63) is 47.4 Å². The Morgan fingerprint density at radius 3 is 2.59 bits per heavy atom. The zero-order chi connectivity index (χ0) is 18.4. The van der Waals surface area contributed by atoms with Gasteiger partial charge >= 0.3 is 0 Å². The van der Waals surface area contributed by atoms with E-state index in [1.807, 2.05) is 42.5 Å². The van der Waals surface area contributed by atoms with Crippen LogP contribution < -0.4 is 15.0 Å². The molecule has 0 aromatic heterocycles. The minimum atomic E-state index is 0.487. The molecule has 6 heteroatoms. The molecule has 0 unspecified atom stereocenters. The topological polar surface area (TPSA) is 69.7 Å². The van der Waals surface area contributed by atoms with Crippen molar-refractivity contribution in [1.29, 1.82) is 0 Å². The van der Waals surface area contributed by atoms with Gasteiger partial charge in [0.25, 0.3) is 0 Å². The number of fused-ring (bicyclic) bond motifs is 5. The highest BCUT2D eigenvalue weighted by atomic mass is 16.5. The summed E-state index contributed by atoms with van der Waals surface area (Å²) in [7, 11) is 1.63. The summed E-state index contributed by atoms with van der Waals surface area (Å²) < 4.78 is 5.38. The first-order valence-corrected chi connectivity index (χ1v) is 9.15. The number of aromatic nitrogens is 1. The van der Waals surface area contributed by atoms with Crippen molar-refractivity contribution in [2.45, 2.75) is 0 Å². The van der Waals surface area contributed by atoms with E-state index in [0.717, 1.165) is 70.5 Å². The molecule has 0 spiro atoms. The number of aromatic amines is 1. The zero-order valence-corrected chi connectivity index (χ0v) is 15.1. The summed E-state index contributed by atoms with van der Waals surface area (Å²) in [5.41, 5.74) is 3.46. The number of nitrogens with zero attached hydrogens (tertiary/aromatic N) is 2. The number of hydrogen-bond donors (Lipinski definition) is 2. The van der Waals surface area contributed by atoms with E-state index in [9.17, 15) is 4.91 Å². The number of anilines is 1. The fourth-order valence-corrected chi connectivity index (χ4v) is 4.18. The first-order chi connectivity index (χ1) is 13.3. The second-order valence-electron chi connectivity index (χ2n) is 6.86. The van der Waals surface area contributed by atoms with Crippen LogP contribution in [0.4, 0.5) is 11.5 Å². The van der Waals surface area contributed by atoms with Gasteiger partial charge in [-0.3, -0.25) is 0 Å². The van der Waals surface area contributed by atoms with E-state index < -0.39 is 0 Å². The number of H-pyrrole nitrogens is 1. The number of rotatable bonds is 3. The number of methoxy groups -OCH3 is 1. The lowest BCUT2D eigenvalue weighted by Gasteiger charge is -2.31. The van der Waals surface area contributed by atoms with Gasteiger partial charge in [-0.25, -0.2) is 0 Å². The van der Waals surface area contributed by atoms with Crippen molar-refractivity contribution in [1.82, 2.24) is 10.3 Å². The third-order valence-electron chi connectivity index (χ3n) is 5.45. The van der Waals surface area contributed by atoms with Gasteiger partial charge in [0.2, 0.25) is 0 Å². The molecule has 2 aliphatic heterocycles. The standard InChI is InChI=1S/C21H20N4O2/c1-27-13-6-7-14-16(12-13)20(24-26)18-15-4-2-3-5-17(15)23-21(19(14)18)25-10-8-22-9-11-25/h2-7,12,22-23H,8-11H2,1H3. The van der Waals surface area contributed by atoms with Gasteiger partial charge in [-0.2, -0.15) is 0 Å². The predicted octanol–water partition coefficient (Wildman–Crippen LogP) is 4.24. The zero-order valence-electron chi connectivity index (χ0n) is 15.1. The maximum atomic E-state index is 11.9. The van der Waals surface area contributed by atoms with Crippen LogP contribution in [-0.2, 0) is 0 Å². The van der Waals surface area contributed by atoms with Crippen LogP contribution in [0.1, 0.15) is 0 Å². The van der Waals surface area contributed by atoms with E-state index in [1.54, 1.807) is 7.11 Å². The lowest BCUT2D eigenvalue weighted by Crippen LogP contribution is -2.44. The average molecular weight is 360 g/mol. The number of para-hydroxylation sites is 1. The Labute approximate surface area is 156 Å². The van der Waals surface area contributed by atoms with Gasteiger partial charge in [0, 0.05) is 53.6 Å². The Bertz CT molecular complexity index is 1130. The summed E-state index contributed by atoms with van der Waals surface area (Å²) in [5.74, 6) is 1.77. The van der Waals surface area contributed by atoms with Gasteiger partial charge in [-0.05, 0) is 34.8 Å². The molecule has 0 radical (unpaired) electrons. The first kappa shape index (κ1) is 16.1. The van der Waals surface area contributed by atoms with Crippen LogP contribution in [0.15, 0.2) is 47.6 Å². The molecule has 136 valence electrons. The van der Waals surface area contributed by atoms with Crippen LogP contribution in [0, 0.1) is 4.91 Å². The van der Waals surface area contributed by atoms with Crippen LogP contribution in [0.5, 0.6) is 5.75 Å². The minimum absolute atomic E-state index is 0.487. The fourth-order valence-electron chi connectivity index (χ4n) is 4.18. The molecule has 0 saturated carbocycles. The van der Waals surface area contributed by atoms with Crippen LogP contribution >= 0.6 is 0 Å². The second kappa shape index (κ2) is 6.25. The third-order valence-corrected chi connectivity index (χ3v) is 5.45. The molecule has 1 fully saturated rings. The number of benzene rings is 2. The summed E-state index contributed by atoms with van der Waals surface area (Å²) in [4.78, 5) is 17.9. The summed E-state index contributed by atoms with van der Waals surface area (Å²) >= 11 is 0. The van der Waals surface area contributed by atoms with Crippen molar-refractivity contribution in [2.75, 3.05) is 38.2 Å². The average Bonchev–Trinajstić information content (AvgIpc) is 3.07. The molecule has 2 N–H and O–H groups in total. The van der Waals surface area contributed by atoms with Crippen molar-refractivity contribution >= 4 is 33.2 Å². The lowest BCUT2D eigenvalue weighted by molar-refractivity contribution is 0.415. The van der Waals surface area contributed by atoms with Crippen molar-refractivity contribution in [3.8, 4) is 16.9 Å². The number of hydrogen-bond acceptors (Lipinski definition) is 5. The van der Waals surface area contributed by atoms with Gasteiger partial charge in [-0.15, -0.1) is 4.91 Å². The minimum Gasteiger partial charge on any atom is -0.497 e. The largest absolute Gasteiger partial charge is 0.497 e. The summed E-state index contributed by atoms with van der Waals surface area (Å²) in [6.45, 7) is 3.70. The van der Waals surface area contributed by atoms with Gasteiger partial charge in [0.15, 0.2) is 0 Å². The number of nitrogens with one attached hydrogen (secondary N) is 2. The molecule has 3 aliphatic rings. The van der Waals surface area contributed by atoms with Crippen LogP contribution in [0.25, 0.3) is 32.8 Å². The second-order valence-corrected chi connectivity index (χ2v) is 6.86. The Morgan fingerprint density at radius 1 is 1.00 bits per heavy atom. The van der Waals surface area contributed by atoms with E-state index in [0.29, 0.717) is 5.69 Å². The van der Waals surface area contributed by atoms with E-state index >= 15 is 0 Å². The molecule has 27 heavy (non-hydrogen) atoms. The fraction of sp³-hybridized carbons (Fsp3) is 0.238.